The standard InChI is InChI=1S/C11H18O2S/c1-8(2)10(12)13-11(3)7-5-6-9(11)14-4/h9H,1,5-7H2,2-4H3. The third-order valence-corrected chi connectivity index (χ3v) is 4.08. The quantitative estimate of drug-likeness (QED) is 0.534. The van der Waals surface area contributed by atoms with E-state index in [2.05, 4.69) is 12.8 Å². The lowest BCUT2D eigenvalue weighted by Crippen LogP contribution is -2.37. The van der Waals surface area contributed by atoms with Crippen molar-refractivity contribution in [1.29, 1.82) is 0 Å². The molecule has 0 saturated heterocycles. The molecule has 1 aliphatic carbocycles. The molecule has 14 heavy (non-hydrogen) atoms. The zero-order valence-corrected chi connectivity index (χ0v) is 9.95. The first kappa shape index (κ1) is 11.6. The van der Waals surface area contributed by atoms with Gasteiger partial charge in [0.1, 0.15) is 5.60 Å². The Morgan fingerprint density at radius 1 is 1.64 bits per heavy atom. The van der Waals surface area contributed by atoms with Crippen molar-refractivity contribution in [3.8, 4) is 0 Å². The van der Waals surface area contributed by atoms with Crippen LogP contribution < -0.4 is 0 Å². The van der Waals surface area contributed by atoms with Crippen molar-refractivity contribution in [3.05, 3.63) is 12.2 Å². The molecule has 0 N–H and O–H groups in total. The number of esters is 1. The van der Waals surface area contributed by atoms with Crippen LogP contribution in [0.3, 0.4) is 0 Å². The highest BCUT2D eigenvalue weighted by Crippen LogP contribution is 2.40. The van der Waals surface area contributed by atoms with Crippen molar-refractivity contribution >= 4 is 17.7 Å². The number of hydrogen-bond donors (Lipinski definition) is 0. The minimum Gasteiger partial charge on any atom is -0.455 e. The first-order chi connectivity index (χ1) is 6.49. The lowest BCUT2D eigenvalue weighted by atomic mass is 10.1. The normalized spacial score (nSPS) is 31.5. The van der Waals surface area contributed by atoms with Crippen molar-refractivity contribution in [1.82, 2.24) is 0 Å². The van der Waals surface area contributed by atoms with Gasteiger partial charge < -0.3 is 4.74 Å². The summed E-state index contributed by atoms with van der Waals surface area (Å²) in [5.74, 6) is -0.256. The number of ether oxygens (including phenoxy) is 1. The van der Waals surface area contributed by atoms with Gasteiger partial charge in [0.25, 0.3) is 0 Å². The van der Waals surface area contributed by atoms with Crippen LogP contribution in [-0.2, 0) is 9.53 Å². The molecule has 0 aromatic rings. The van der Waals surface area contributed by atoms with Gasteiger partial charge in [0.2, 0.25) is 0 Å². The largest absolute Gasteiger partial charge is 0.455 e. The molecule has 0 heterocycles. The Bertz CT molecular complexity index is 250. The van der Waals surface area contributed by atoms with Gasteiger partial charge in [-0.15, -0.1) is 0 Å². The summed E-state index contributed by atoms with van der Waals surface area (Å²) in [6.45, 7) is 7.32. The van der Waals surface area contributed by atoms with Crippen LogP contribution in [0.4, 0.5) is 0 Å². The highest BCUT2D eigenvalue weighted by atomic mass is 32.2. The molecule has 80 valence electrons. The van der Waals surface area contributed by atoms with Crippen molar-refractivity contribution in [2.45, 2.75) is 44.0 Å². The van der Waals surface area contributed by atoms with E-state index in [1.54, 1.807) is 18.7 Å². The Morgan fingerprint density at radius 2 is 2.29 bits per heavy atom. The minimum atomic E-state index is -0.282. The van der Waals surface area contributed by atoms with Crippen LogP contribution in [0.1, 0.15) is 33.1 Å². The van der Waals surface area contributed by atoms with Crippen molar-refractivity contribution in [2.24, 2.45) is 0 Å². The van der Waals surface area contributed by atoms with E-state index in [-0.39, 0.29) is 11.6 Å². The lowest BCUT2D eigenvalue weighted by Gasteiger charge is -2.30. The molecule has 1 fully saturated rings. The molecule has 0 aromatic carbocycles. The van der Waals surface area contributed by atoms with Crippen molar-refractivity contribution < 1.29 is 9.53 Å². The summed E-state index contributed by atoms with van der Waals surface area (Å²) in [7, 11) is 0. The van der Waals surface area contributed by atoms with Gasteiger partial charge in [-0.1, -0.05) is 6.58 Å². The molecule has 1 rings (SSSR count). The van der Waals surface area contributed by atoms with E-state index in [0.717, 1.165) is 19.3 Å². The van der Waals surface area contributed by atoms with E-state index >= 15 is 0 Å². The maximum Gasteiger partial charge on any atom is 0.333 e. The van der Waals surface area contributed by atoms with Gasteiger partial charge in [-0.2, -0.15) is 11.8 Å². The maximum atomic E-state index is 11.4. The summed E-state index contributed by atoms with van der Waals surface area (Å²) in [6.07, 6.45) is 5.33. The predicted octanol–water partition coefficient (Wildman–Crippen LogP) is 2.78. The van der Waals surface area contributed by atoms with Gasteiger partial charge >= 0.3 is 5.97 Å². The summed E-state index contributed by atoms with van der Waals surface area (Å²) in [5, 5.41) is 0.436. The molecule has 0 radical (unpaired) electrons. The third-order valence-electron chi connectivity index (χ3n) is 2.78. The Morgan fingerprint density at radius 3 is 2.79 bits per heavy atom. The van der Waals surface area contributed by atoms with Crippen LogP contribution in [0, 0.1) is 0 Å². The third kappa shape index (κ3) is 2.32. The van der Waals surface area contributed by atoms with Crippen LogP contribution in [0.2, 0.25) is 0 Å². The van der Waals surface area contributed by atoms with Crippen LogP contribution >= 0.6 is 11.8 Å². The van der Waals surface area contributed by atoms with Gasteiger partial charge in [-0.25, -0.2) is 4.79 Å². The van der Waals surface area contributed by atoms with Crippen LogP contribution in [0.5, 0.6) is 0 Å². The van der Waals surface area contributed by atoms with Crippen molar-refractivity contribution in [3.63, 3.8) is 0 Å². The van der Waals surface area contributed by atoms with E-state index in [1.165, 1.54) is 0 Å². The molecular formula is C11H18O2S. The average Bonchev–Trinajstić information content (AvgIpc) is 2.46. The Labute approximate surface area is 90.1 Å². The molecule has 0 amide bonds. The van der Waals surface area contributed by atoms with E-state index in [4.69, 9.17) is 4.74 Å². The molecule has 3 heteroatoms. The Kier molecular flexibility index (Phi) is 3.65. The molecule has 1 saturated carbocycles. The van der Waals surface area contributed by atoms with Gasteiger partial charge in [-0.05, 0) is 39.4 Å². The molecule has 0 aromatic heterocycles. The highest BCUT2D eigenvalue weighted by Gasteiger charge is 2.41. The first-order valence-electron chi connectivity index (χ1n) is 4.91. The molecule has 1 aliphatic rings. The van der Waals surface area contributed by atoms with E-state index in [0.29, 0.717) is 10.8 Å². The summed E-state index contributed by atoms with van der Waals surface area (Å²) in [4.78, 5) is 11.4. The summed E-state index contributed by atoms with van der Waals surface area (Å²) < 4.78 is 5.50. The molecule has 0 aliphatic heterocycles. The second kappa shape index (κ2) is 4.39. The highest BCUT2D eigenvalue weighted by molar-refractivity contribution is 7.99. The van der Waals surface area contributed by atoms with Gasteiger partial charge in [-0.3, -0.25) is 0 Å². The number of thioether (sulfide) groups is 1. The Hall–Kier alpha value is -0.440. The molecular weight excluding hydrogens is 196 g/mol. The second-order valence-corrected chi connectivity index (χ2v) is 5.14. The van der Waals surface area contributed by atoms with Gasteiger partial charge in [0.05, 0.1) is 0 Å². The zero-order valence-electron chi connectivity index (χ0n) is 9.13. The predicted molar refractivity (Wildman–Crippen MR) is 60.5 cm³/mol. The van der Waals surface area contributed by atoms with Gasteiger partial charge in [0, 0.05) is 10.8 Å². The van der Waals surface area contributed by atoms with Crippen LogP contribution in [0.15, 0.2) is 12.2 Å². The summed E-state index contributed by atoms with van der Waals surface area (Å²) in [5.41, 5.74) is 0.202. The maximum absolute atomic E-state index is 11.4. The lowest BCUT2D eigenvalue weighted by molar-refractivity contribution is -0.151. The number of carbonyl (C=O) groups excluding carboxylic acids is 1. The summed E-state index contributed by atoms with van der Waals surface area (Å²) in [6, 6.07) is 0. The second-order valence-electron chi connectivity index (χ2n) is 4.10. The fraction of sp³-hybridized carbons (Fsp3) is 0.727. The number of carbonyl (C=O) groups is 1. The SMILES string of the molecule is C=C(C)C(=O)OC1(C)CCCC1SC. The number of rotatable bonds is 3. The number of hydrogen-bond acceptors (Lipinski definition) is 3. The molecule has 0 spiro atoms. The molecule has 2 unspecified atom stereocenters. The first-order valence-corrected chi connectivity index (χ1v) is 6.20. The van der Waals surface area contributed by atoms with E-state index < -0.39 is 0 Å². The molecule has 2 nitrogen and oxygen atoms in total. The van der Waals surface area contributed by atoms with Crippen molar-refractivity contribution in [2.75, 3.05) is 6.26 Å². The minimum absolute atomic E-state index is 0.256. The fourth-order valence-electron chi connectivity index (χ4n) is 1.89. The average molecular weight is 214 g/mol. The molecule has 2 atom stereocenters. The topological polar surface area (TPSA) is 26.3 Å². The zero-order chi connectivity index (χ0) is 10.8. The monoisotopic (exact) mass is 214 g/mol. The smallest absolute Gasteiger partial charge is 0.333 e. The van der Waals surface area contributed by atoms with Crippen LogP contribution in [-0.4, -0.2) is 23.1 Å². The van der Waals surface area contributed by atoms with Crippen LogP contribution in [0.25, 0.3) is 0 Å². The fourth-order valence-corrected chi connectivity index (χ4v) is 2.95. The van der Waals surface area contributed by atoms with Gasteiger partial charge in [0.15, 0.2) is 0 Å². The van der Waals surface area contributed by atoms with E-state index in [1.807, 2.05) is 6.92 Å². The summed E-state index contributed by atoms with van der Waals surface area (Å²) >= 11 is 1.79. The molecule has 0 bridgehead atoms. The Balaban J connectivity index is 2.65. The van der Waals surface area contributed by atoms with E-state index in [9.17, 15) is 4.79 Å².